The highest BCUT2D eigenvalue weighted by Crippen LogP contribution is 2.36. The van der Waals surface area contributed by atoms with E-state index in [9.17, 15) is 18.0 Å². The second kappa shape index (κ2) is 14.6. The fourth-order valence-corrected chi connectivity index (χ4v) is 6.13. The molecule has 12 heteroatoms. The SMILES string of the molecule is CCNC(=O)C(CC)N(Cc1ccc(Cl)c(Cl)c1)C(=O)CN(c1cc(OC)ccc1OC)S(=O)(=O)c1ccc(C)cc1. The summed E-state index contributed by atoms with van der Waals surface area (Å²) >= 11 is 12.3. The van der Waals surface area contributed by atoms with Gasteiger partial charge in [0.05, 0.1) is 34.8 Å². The Hall–Kier alpha value is -3.47. The van der Waals surface area contributed by atoms with Crippen LogP contribution in [0.4, 0.5) is 5.69 Å². The molecule has 226 valence electrons. The van der Waals surface area contributed by atoms with Crippen LogP contribution in [0, 0.1) is 6.92 Å². The maximum Gasteiger partial charge on any atom is 0.264 e. The summed E-state index contributed by atoms with van der Waals surface area (Å²) in [6.45, 7) is 5.12. The van der Waals surface area contributed by atoms with Crippen LogP contribution < -0.4 is 19.1 Å². The average molecular weight is 637 g/mol. The molecule has 0 fully saturated rings. The number of anilines is 1. The normalized spacial score (nSPS) is 11.9. The predicted molar refractivity (Wildman–Crippen MR) is 165 cm³/mol. The van der Waals surface area contributed by atoms with E-state index >= 15 is 0 Å². The van der Waals surface area contributed by atoms with E-state index in [0.29, 0.717) is 22.9 Å². The van der Waals surface area contributed by atoms with Crippen molar-refractivity contribution >= 4 is 50.7 Å². The van der Waals surface area contributed by atoms with E-state index in [-0.39, 0.29) is 40.2 Å². The monoisotopic (exact) mass is 635 g/mol. The summed E-state index contributed by atoms with van der Waals surface area (Å²) in [5.74, 6) is -0.394. The van der Waals surface area contributed by atoms with Crippen molar-refractivity contribution in [1.29, 1.82) is 0 Å². The van der Waals surface area contributed by atoms with Crippen molar-refractivity contribution in [2.75, 3.05) is 31.6 Å². The van der Waals surface area contributed by atoms with Gasteiger partial charge in [0, 0.05) is 19.2 Å². The summed E-state index contributed by atoms with van der Waals surface area (Å²) in [5.41, 5.74) is 1.59. The Kier molecular flexibility index (Phi) is 11.5. The topological polar surface area (TPSA) is 105 Å². The Morgan fingerprint density at radius 3 is 2.19 bits per heavy atom. The molecule has 0 spiro atoms. The van der Waals surface area contributed by atoms with E-state index in [1.807, 2.05) is 6.92 Å². The van der Waals surface area contributed by atoms with E-state index in [1.54, 1.807) is 56.3 Å². The second-order valence-electron chi connectivity index (χ2n) is 9.45. The van der Waals surface area contributed by atoms with Crippen LogP contribution in [-0.2, 0) is 26.2 Å². The number of sulfonamides is 1. The van der Waals surface area contributed by atoms with E-state index in [1.165, 1.54) is 37.3 Å². The first kappa shape index (κ1) is 33.0. The van der Waals surface area contributed by atoms with E-state index in [4.69, 9.17) is 32.7 Å². The van der Waals surface area contributed by atoms with Crippen molar-refractivity contribution < 1.29 is 27.5 Å². The number of methoxy groups -OCH3 is 2. The zero-order chi connectivity index (χ0) is 31.0. The number of nitrogens with zero attached hydrogens (tertiary/aromatic N) is 2. The molecule has 1 unspecified atom stereocenters. The molecule has 0 bridgehead atoms. The zero-order valence-corrected chi connectivity index (χ0v) is 26.5. The molecule has 0 aromatic heterocycles. The Balaban J connectivity index is 2.16. The molecular formula is C30H35Cl2N3O6S. The fraction of sp³-hybridized carbons (Fsp3) is 0.333. The summed E-state index contributed by atoms with van der Waals surface area (Å²) in [6.07, 6.45) is 0.284. The second-order valence-corrected chi connectivity index (χ2v) is 12.1. The quantitative estimate of drug-likeness (QED) is 0.267. The Morgan fingerprint density at radius 1 is 0.929 bits per heavy atom. The minimum Gasteiger partial charge on any atom is -0.497 e. The van der Waals surface area contributed by atoms with Crippen LogP contribution in [0.15, 0.2) is 65.6 Å². The lowest BCUT2D eigenvalue weighted by Crippen LogP contribution is -2.52. The van der Waals surface area contributed by atoms with Crippen LogP contribution >= 0.6 is 23.2 Å². The number of aryl methyl sites for hydroxylation is 1. The average Bonchev–Trinajstić information content (AvgIpc) is 2.97. The molecular weight excluding hydrogens is 601 g/mol. The van der Waals surface area contributed by atoms with Gasteiger partial charge < -0.3 is 19.7 Å². The molecule has 3 aromatic carbocycles. The minimum absolute atomic E-state index is 0.0149. The summed E-state index contributed by atoms with van der Waals surface area (Å²) in [5, 5.41) is 3.40. The van der Waals surface area contributed by atoms with Gasteiger partial charge in [0.15, 0.2) is 0 Å². The molecule has 0 aliphatic rings. The van der Waals surface area contributed by atoms with Crippen LogP contribution in [0.1, 0.15) is 31.4 Å². The van der Waals surface area contributed by atoms with Gasteiger partial charge in [-0.15, -0.1) is 0 Å². The third kappa shape index (κ3) is 7.67. The van der Waals surface area contributed by atoms with Gasteiger partial charge in [0.1, 0.15) is 24.1 Å². The van der Waals surface area contributed by atoms with Gasteiger partial charge >= 0.3 is 0 Å². The first-order valence-corrected chi connectivity index (χ1v) is 15.5. The molecule has 0 saturated carbocycles. The maximum atomic E-state index is 14.2. The number of carbonyl (C=O) groups excluding carboxylic acids is 2. The lowest BCUT2D eigenvalue weighted by molar-refractivity contribution is -0.140. The Morgan fingerprint density at radius 2 is 1.62 bits per heavy atom. The minimum atomic E-state index is -4.29. The number of amides is 2. The molecule has 0 heterocycles. The van der Waals surface area contributed by atoms with Crippen molar-refractivity contribution in [3.8, 4) is 11.5 Å². The molecule has 42 heavy (non-hydrogen) atoms. The van der Waals surface area contributed by atoms with Crippen LogP contribution in [0.3, 0.4) is 0 Å². The van der Waals surface area contributed by atoms with Crippen molar-refractivity contribution in [3.63, 3.8) is 0 Å². The smallest absolute Gasteiger partial charge is 0.264 e. The van der Waals surface area contributed by atoms with Crippen molar-refractivity contribution in [2.45, 2.75) is 44.7 Å². The first-order chi connectivity index (χ1) is 20.0. The van der Waals surface area contributed by atoms with Gasteiger partial charge in [-0.3, -0.25) is 13.9 Å². The summed E-state index contributed by atoms with van der Waals surface area (Å²) < 4.78 is 40.1. The third-order valence-electron chi connectivity index (χ3n) is 6.62. The van der Waals surface area contributed by atoms with E-state index in [2.05, 4.69) is 5.32 Å². The number of hydrogen-bond acceptors (Lipinski definition) is 6. The van der Waals surface area contributed by atoms with Crippen molar-refractivity contribution in [1.82, 2.24) is 10.2 Å². The molecule has 0 aliphatic heterocycles. The highest BCUT2D eigenvalue weighted by Gasteiger charge is 2.35. The standard InChI is InChI=1S/C30H35Cl2N3O6S/c1-6-26(30(37)33-7-2)34(18-21-10-14-24(31)25(32)16-21)29(36)19-35(27-17-22(40-4)11-15-28(27)41-5)42(38,39)23-12-8-20(3)9-13-23/h8-17,26H,6-7,18-19H2,1-5H3,(H,33,37). The number of likely N-dealkylation sites (N-methyl/N-ethyl adjacent to an activating group) is 1. The van der Waals surface area contributed by atoms with Crippen LogP contribution in [0.5, 0.6) is 11.5 Å². The molecule has 0 radical (unpaired) electrons. The molecule has 3 rings (SSSR count). The lowest BCUT2D eigenvalue weighted by Gasteiger charge is -2.33. The van der Waals surface area contributed by atoms with Gasteiger partial charge in [0.2, 0.25) is 11.8 Å². The van der Waals surface area contributed by atoms with Crippen molar-refractivity contribution in [3.05, 3.63) is 81.8 Å². The van der Waals surface area contributed by atoms with Gasteiger partial charge in [-0.2, -0.15) is 0 Å². The fourth-order valence-electron chi connectivity index (χ4n) is 4.39. The molecule has 2 amide bonds. The highest BCUT2D eigenvalue weighted by molar-refractivity contribution is 7.92. The lowest BCUT2D eigenvalue weighted by atomic mass is 10.1. The Bertz CT molecular complexity index is 1520. The number of nitrogens with one attached hydrogen (secondary N) is 1. The van der Waals surface area contributed by atoms with Crippen LogP contribution in [0.2, 0.25) is 10.0 Å². The zero-order valence-electron chi connectivity index (χ0n) is 24.2. The molecule has 9 nitrogen and oxygen atoms in total. The molecule has 1 atom stereocenters. The maximum absolute atomic E-state index is 14.2. The third-order valence-corrected chi connectivity index (χ3v) is 9.13. The molecule has 3 aromatic rings. The number of halogens is 2. The van der Waals surface area contributed by atoms with Gasteiger partial charge in [-0.25, -0.2) is 8.42 Å². The first-order valence-electron chi connectivity index (χ1n) is 13.3. The van der Waals surface area contributed by atoms with Gasteiger partial charge in [0.25, 0.3) is 10.0 Å². The number of ether oxygens (including phenoxy) is 2. The van der Waals surface area contributed by atoms with E-state index < -0.39 is 28.5 Å². The summed E-state index contributed by atoms with van der Waals surface area (Å²) in [6, 6.07) is 15.0. The highest BCUT2D eigenvalue weighted by atomic mass is 35.5. The molecule has 1 N–H and O–H groups in total. The van der Waals surface area contributed by atoms with Gasteiger partial charge in [-0.1, -0.05) is 53.9 Å². The Labute approximate surface area is 257 Å². The summed E-state index contributed by atoms with van der Waals surface area (Å²) in [7, 11) is -1.44. The van der Waals surface area contributed by atoms with Crippen LogP contribution in [-0.4, -0.2) is 58.5 Å². The summed E-state index contributed by atoms with van der Waals surface area (Å²) in [4.78, 5) is 28.6. The van der Waals surface area contributed by atoms with Crippen molar-refractivity contribution in [2.24, 2.45) is 0 Å². The predicted octanol–water partition coefficient (Wildman–Crippen LogP) is 5.46. The largest absolute Gasteiger partial charge is 0.497 e. The van der Waals surface area contributed by atoms with Crippen LogP contribution in [0.25, 0.3) is 0 Å². The number of benzene rings is 3. The number of rotatable bonds is 13. The number of hydrogen-bond donors (Lipinski definition) is 1. The molecule has 0 saturated heterocycles. The van der Waals surface area contributed by atoms with E-state index in [0.717, 1.165) is 9.87 Å². The molecule has 0 aliphatic carbocycles. The van der Waals surface area contributed by atoms with Gasteiger partial charge in [-0.05, 0) is 62.2 Å². The number of carbonyl (C=O) groups is 2.